The highest BCUT2D eigenvalue weighted by atomic mass is 32.2. The molecule has 2 atom stereocenters. The highest BCUT2D eigenvalue weighted by Gasteiger charge is 2.41. The maximum atomic E-state index is 13.1. The van der Waals surface area contributed by atoms with Crippen molar-refractivity contribution in [2.45, 2.75) is 23.5 Å². The third-order valence-electron chi connectivity index (χ3n) is 4.08. The molecule has 1 aliphatic rings. The molecule has 0 bridgehead atoms. The van der Waals surface area contributed by atoms with Crippen LogP contribution in [0.2, 0.25) is 0 Å². The molecule has 1 fully saturated rings. The van der Waals surface area contributed by atoms with Gasteiger partial charge in [0.15, 0.2) is 0 Å². The van der Waals surface area contributed by atoms with E-state index in [0.29, 0.717) is 5.56 Å². The monoisotopic (exact) mass is 346 g/mol. The zero-order valence-electron chi connectivity index (χ0n) is 12.6. The Morgan fingerprint density at radius 1 is 1.17 bits per heavy atom. The van der Waals surface area contributed by atoms with Gasteiger partial charge in [-0.25, -0.2) is 12.8 Å². The number of nitrogens with zero attached hydrogens (tertiary/aromatic N) is 2. The van der Waals surface area contributed by atoms with E-state index in [1.807, 2.05) is 6.07 Å². The number of halogens is 1. The molecular formula is C17H15FN2O3S. The first-order valence-electron chi connectivity index (χ1n) is 7.38. The van der Waals surface area contributed by atoms with Gasteiger partial charge in [0.25, 0.3) is 0 Å². The first-order chi connectivity index (χ1) is 11.4. The molecule has 1 N–H and O–H groups in total. The van der Waals surface area contributed by atoms with E-state index in [9.17, 15) is 17.9 Å². The first kappa shape index (κ1) is 16.6. The zero-order valence-corrected chi connectivity index (χ0v) is 13.4. The SMILES string of the molecule is N#Cc1ccccc1S(=O)(=O)N1C[C@H](O)C[C@H]1c1ccc(F)cc1. The van der Waals surface area contributed by atoms with Crippen LogP contribution in [0.5, 0.6) is 0 Å². The topological polar surface area (TPSA) is 81.4 Å². The lowest BCUT2D eigenvalue weighted by molar-refractivity contribution is 0.188. The Bertz CT molecular complexity index is 891. The van der Waals surface area contributed by atoms with E-state index in [4.69, 9.17) is 5.26 Å². The lowest BCUT2D eigenvalue weighted by Crippen LogP contribution is -2.32. The summed E-state index contributed by atoms with van der Waals surface area (Å²) in [5.41, 5.74) is 0.655. The van der Waals surface area contributed by atoms with Crippen molar-refractivity contribution >= 4 is 10.0 Å². The predicted octanol–water partition coefficient (Wildman–Crippen LogP) is 2.19. The van der Waals surface area contributed by atoms with E-state index >= 15 is 0 Å². The van der Waals surface area contributed by atoms with Crippen LogP contribution in [0.1, 0.15) is 23.6 Å². The van der Waals surface area contributed by atoms with Gasteiger partial charge in [-0.3, -0.25) is 0 Å². The van der Waals surface area contributed by atoms with E-state index in [2.05, 4.69) is 0 Å². The predicted molar refractivity (Wildman–Crippen MR) is 84.8 cm³/mol. The largest absolute Gasteiger partial charge is 0.392 e. The molecule has 0 amide bonds. The number of rotatable bonds is 3. The fourth-order valence-electron chi connectivity index (χ4n) is 2.95. The quantitative estimate of drug-likeness (QED) is 0.924. The Balaban J connectivity index is 2.05. The van der Waals surface area contributed by atoms with Crippen LogP contribution < -0.4 is 0 Å². The fraction of sp³-hybridized carbons (Fsp3) is 0.235. The molecule has 0 spiro atoms. The summed E-state index contributed by atoms with van der Waals surface area (Å²) >= 11 is 0. The molecule has 24 heavy (non-hydrogen) atoms. The van der Waals surface area contributed by atoms with Crippen LogP contribution >= 0.6 is 0 Å². The normalized spacial score (nSPS) is 21.5. The van der Waals surface area contributed by atoms with Gasteiger partial charge in [-0.05, 0) is 36.2 Å². The average molecular weight is 346 g/mol. The van der Waals surface area contributed by atoms with Gasteiger partial charge in [0.1, 0.15) is 11.9 Å². The second-order valence-corrected chi connectivity index (χ2v) is 7.50. The number of aliphatic hydroxyl groups excluding tert-OH is 1. The number of hydrogen-bond donors (Lipinski definition) is 1. The second-order valence-electron chi connectivity index (χ2n) is 5.64. The van der Waals surface area contributed by atoms with Crippen molar-refractivity contribution in [2.24, 2.45) is 0 Å². The highest BCUT2D eigenvalue weighted by Crippen LogP contribution is 2.37. The van der Waals surface area contributed by atoms with E-state index in [0.717, 1.165) is 0 Å². The lowest BCUT2D eigenvalue weighted by Gasteiger charge is -2.24. The van der Waals surface area contributed by atoms with Crippen molar-refractivity contribution in [3.8, 4) is 6.07 Å². The molecule has 2 aromatic rings. The molecule has 7 heteroatoms. The molecule has 0 radical (unpaired) electrons. The summed E-state index contributed by atoms with van der Waals surface area (Å²) < 4.78 is 40.3. The van der Waals surface area contributed by atoms with Gasteiger partial charge in [-0.2, -0.15) is 9.57 Å². The van der Waals surface area contributed by atoms with E-state index in [1.165, 1.54) is 40.7 Å². The lowest BCUT2D eigenvalue weighted by atomic mass is 10.0. The van der Waals surface area contributed by atoms with Gasteiger partial charge in [0.05, 0.1) is 22.6 Å². The summed E-state index contributed by atoms with van der Waals surface area (Å²) in [5, 5.41) is 19.1. The van der Waals surface area contributed by atoms with E-state index < -0.39 is 28.0 Å². The summed E-state index contributed by atoms with van der Waals surface area (Å²) in [7, 11) is -3.96. The highest BCUT2D eigenvalue weighted by molar-refractivity contribution is 7.89. The zero-order chi connectivity index (χ0) is 17.3. The van der Waals surface area contributed by atoms with Crippen LogP contribution in [-0.4, -0.2) is 30.5 Å². The first-order valence-corrected chi connectivity index (χ1v) is 8.82. The van der Waals surface area contributed by atoms with Crippen LogP contribution in [0.15, 0.2) is 53.4 Å². The van der Waals surface area contributed by atoms with Gasteiger partial charge in [-0.1, -0.05) is 24.3 Å². The number of β-amino-alcohol motifs (C(OH)–C–C–N with tert-alkyl or cyclic N) is 1. The minimum Gasteiger partial charge on any atom is -0.392 e. The minimum atomic E-state index is -3.96. The summed E-state index contributed by atoms with van der Waals surface area (Å²) in [6, 6.07) is 12.8. The molecular weight excluding hydrogens is 331 g/mol. The maximum Gasteiger partial charge on any atom is 0.245 e. The maximum absolute atomic E-state index is 13.1. The molecule has 0 saturated carbocycles. The summed E-state index contributed by atoms with van der Waals surface area (Å²) in [4.78, 5) is -0.0892. The Labute approximate surface area is 139 Å². The molecule has 2 aromatic carbocycles. The average Bonchev–Trinajstić information content (AvgIpc) is 2.98. The Hall–Kier alpha value is -2.27. The smallest absolute Gasteiger partial charge is 0.245 e. The van der Waals surface area contributed by atoms with Crippen molar-refractivity contribution < 1.29 is 17.9 Å². The Kier molecular flexibility index (Phi) is 4.37. The van der Waals surface area contributed by atoms with Crippen LogP contribution in [0.25, 0.3) is 0 Å². The Morgan fingerprint density at radius 3 is 2.50 bits per heavy atom. The van der Waals surface area contributed by atoms with Crippen LogP contribution in [0.3, 0.4) is 0 Å². The number of nitriles is 1. The van der Waals surface area contributed by atoms with Crippen LogP contribution in [0.4, 0.5) is 4.39 Å². The van der Waals surface area contributed by atoms with Crippen molar-refractivity contribution in [2.75, 3.05) is 6.54 Å². The Morgan fingerprint density at radius 2 is 1.83 bits per heavy atom. The molecule has 1 aliphatic heterocycles. The van der Waals surface area contributed by atoms with Crippen molar-refractivity contribution in [3.05, 3.63) is 65.5 Å². The standard InChI is InChI=1S/C17H15FN2O3S/c18-14-7-5-12(6-8-14)16-9-15(21)11-20(16)24(22,23)17-4-2-1-3-13(17)10-19/h1-8,15-16,21H,9,11H2/t15-,16+/m1/s1. The molecule has 0 unspecified atom stereocenters. The van der Waals surface area contributed by atoms with Gasteiger partial charge in [-0.15, -0.1) is 0 Å². The molecule has 124 valence electrons. The van der Waals surface area contributed by atoms with Crippen molar-refractivity contribution in [3.63, 3.8) is 0 Å². The summed E-state index contributed by atoms with van der Waals surface area (Å²) in [5.74, 6) is -0.415. The van der Waals surface area contributed by atoms with E-state index in [-0.39, 0.29) is 23.4 Å². The molecule has 1 saturated heterocycles. The number of benzene rings is 2. The van der Waals surface area contributed by atoms with Crippen molar-refractivity contribution in [1.82, 2.24) is 4.31 Å². The molecule has 5 nitrogen and oxygen atoms in total. The molecule has 3 rings (SSSR count). The number of hydrogen-bond acceptors (Lipinski definition) is 4. The van der Waals surface area contributed by atoms with Gasteiger partial charge in [0, 0.05) is 6.54 Å². The summed E-state index contributed by atoms with van der Waals surface area (Å²) in [6.45, 7) is -0.0653. The van der Waals surface area contributed by atoms with E-state index in [1.54, 1.807) is 12.1 Å². The summed E-state index contributed by atoms with van der Waals surface area (Å²) in [6.07, 6.45) is -0.594. The third-order valence-corrected chi connectivity index (χ3v) is 6.02. The minimum absolute atomic E-state index is 0.0525. The number of sulfonamides is 1. The van der Waals surface area contributed by atoms with Gasteiger partial charge >= 0.3 is 0 Å². The molecule has 0 aliphatic carbocycles. The van der Waals surface area contributed by atoms with Crippen LogP contribution in [0, 0.1) is 17.1 Å². The molecule has 1 heterocycles. The second kappa shape index (κ2) is 6.32. The van der Waals surface area contributed by atoms with Gasteiger partial charge < -0.3 is 5.11 Å². The fourth-order valence-corrected chi connectivity index (χ4v) is 4.75. The van der Waals surface area contributed by atoms with Gasteiger partial charge in [0.2, 0.25) is 10.0 Å². The molecule has 0 aromatic heterocycles. The van der Waals surface area contributed by atoms with Crippen LogP contribution in [-0.2, 0) is 10.0 Å². The van der Waals surface area contributed by atoms with Crippen molar-refractivity contribution in [1.29, 1.82) is 5.26 Å². The number of aliphatic hydroxyl groups is 1. The third kappa shape index (κ3) is 2.91.